The summed E-state index contributed by atoms with van der Waals surface area (Å²) in [5.41, 5.74) is 12.5. The van der Waals surface area contributed by atoms with E-state index < -0.39 is 0 Å². The zero-order chi connectivity index (χ0) is 8.97. The van der Waals surface area contributed by atoms with Gasteiger partial charge in [0.2, 0.25) is 0 Å². The first-order chi connectivity index (χ1) is 5.79. The highest BCUT2D eigenvalue weighted by Gasteiger charge is 2.07. The molecule has 70 valence electrons. The minimum Gasteiger partial charge on any atom is -0.329 e. The molecule has 0 saturated carbocycles. The average molecular weight is 198 g/mol. The Labute approximate surface area is 83.8 Å². The fourth-order valence-corrected chi connectivity index (χ4v) is 1.05. The van der Waals surface area contributed by atoms with E-state index in [9.17, 15) is 0 Å². The quantitative estimate of drug-likeness (QED) is 0.741. The van der Waals surface area contributed by atoms with Gasteiger partial charge >= 0.3 is 0 Å². The molecule has 0 aliphatic rings. The molecular weight excluding hydrogens is 186 g/mol. The number of nitrogens with zero attached hydrogens (tertiary/aromatic N) is 1. The first-order valence-electron chi connectivity index (χ1n) is 3.74. The SMILES string of the molecule is Cl.N#Cc1ccccc1[C@@H](N)CN. The Balaban J connectivity index is 0.00000144. The molecule has 0 bridgehead atoms. The normalized spacial score (nSPS) is 11.2. The molecule has 0 aliphatic heterocycles. The number of nitrogens with two attached hydrogens (primary N) is 2. The van der Waals surface area contributed by atoms with Crippen molar-refractivity contribution in [2.24, 2.45) is 11.5 Å². The predicted octanol–water partition coefficient (Wildman–Crippen LogP) is 0.939. The van der Waals surface area contributed by atoms with Gasteiger partial charge in [-0.25, -0.2) is 0 Å². The molecule has 4 N–H and O–H groups in total. The van der Waals surface area contributed by atoms with Crippen LogP contribution in [0.15, 0.2) is 24.3 Å². The van der Waals surface area contributed by atoms with Gasteiger partial charge in [0.25, 0.3) is 0 Å². The second-order valence-electron chi connectivity index (χ2n) is 2.54. The van der Waals surface area contributed by atoms with Crippen molar-refractivity contribution in [2.75, 3.05) is 6.54 Å². The molecular formula is C9H12ClN3. The summed E-state index contributed by atoms with van der Waals surface area (Å²) in [6.45, 7) is 0.360. The van der Waals surface area contributed by atoms with Crippen LogP contribution in [0, 0.1) is 11.3 Å². The summed E-state index contributed by atoms with van der Waals surface area (Å²) in [5.74, 6) is 0. The van der Waals surface area contributed by atoms with Crippen molar-refractivity contribution >= 4 is 12.4 Å². The second kappa shape index (κ2) is 5.55. The molecule has 0 heterocycles. The van der Waals surface area contributed by atoms with Crippen molar-refractivity contribution in [1.29, 1.82) is 5.26 Å². The summed E-state index contributed by atoms with van der Waals surface area (Å²) in [6.07, 6.45) is 0. The smallest absolute Gasteiger partial charge is 0.0995 e. The van der Waals surface area contributed by atoms with Gasteiger partial charge in [-0.15, -0.1) is 12.4 Å². The van der Waals surface area contributed by atoms with E-state index in [1.807, 2.05) is 18.2 Å². The molecule has 0 aromatic heterocycles. The Bertz CT molecular complexity index is 306. The van der Waals surface area contributed by atoms with Crippen molar-refractivity contribution in [2.45, 2.75) is 6.04 Å². The lowest BCUT2D eigenvalue weighted by Crippen LogP contribution is -2.21. The number of rotatable bonds is 2. The lowest BCUT2D eigenvalue weighted by atomic mass is 10.0. The van der Waals surface area contributed by atoms with Crippen LogP contribution >= 0.6 is 12.4 Å². The van der Waals surface area contributed by atoms with Crippen LogP contribution in [0.25, 0.3) is 0 Å². The summed E-state index contributed by atoms with van der Waals surface area (Å²) in [5, 5.41) is 8.72. The van der Waals surface area contributed by atoms with E-state index in [0.717, 1.165) is 5.56 Å². The maximum atomic E-state index is 8.72. The van der Waals surface area contributed by atoms with Crippen LogP contribution in [0.4, 0.5) is 0 Å². The van der Waals surface area contributed by atoms with Gasteiger partial charge in [0.15, 0.2) is 0 Å². The van der Waals surface area contributed by atoms with Crippen molar-refractivity contribution in [3.8, 4) is 6.07 Å². The standard InChI is InChI=1S/C9H11N3.ClH/c10-5-7-3-1-2-4-8(7)9(12)6-11;/h1-4,9H,6,11-12H2;1H/t9-;/m0./s1. The van der Waals surface area contributed by atoms with Gasteiger partial charge in [-0.1, -0.05) is 18.2 Å². The molecule has 0 radical (unpaired) electrons. The van der Waals surface area contributed by atoms with E-state index in [4.69, 9.17) is 16.7 Å². The number of nitriles is 1. The van der Waals surface area contributed by atoms with E-state index >= 15 is 0 Å². The van der Waals surface area contributed by atoms with Gasteiger partial charge in [0.1, 0.15) is 0 Å². The van der Waals surface area contributed by atoms with E-state index in [-0.39, 0.29) is 18.4 Å². The molecule has 3 nitrogen and oxygen atoms in total. The Kier molecular flexibility index (Phi) is 5.09. The third kappa shape index (κ3) is 2.71. The molecule has 0 fully saturated rings. The number of hydrogen-bond acceptors (Lipinski definition) is 3. The number of hydrogen-bond donors (Lipinski definition) is 2. The van der Waals surface area contributed by atoms with Crippen molar-refractivity contribution < 1.29 is 0 Å². The lowest BCUT2D eigenvalue weighted by molar-refractivity contribution is 0.735. The first-order valence-corrected chi connectivity index (χ1v) is 3.74. The third-order valence-electron chi connectivity index (χ3n) is 1.73. The van der Waals surface area contributed by atoms with Crippen LogP contribution < -0.4 is 11.5 Å². The summed E-state index contributed by atoms with van der Waals surface area (Å²) >= 11 is 0. The minimum absolute atomic E-state index is 0. The Hall–Kier alpha value is -1.08. The third-order valence-corrected chi connectivity index (χ3v) is 1.73. The Morgan fingerprint density at radius 3 is 2.54 bits per heavy atom. The fraction of sp³-hybridized carbons (Fsp3) is 0.222. The van der Waals surface area contributed by atoms with Crippen LogP contribution in [0.2, 0.25) is 0 Å². The van der Waals surface area contributed by atoms with Crippen LogP contribution in [0.3, 0.4) is 0 Å². The van der Waals surface area contributed by atoms with Crippen LogP contribution in [-0.4, -0.2) is 6.54 Å². The molecule has 1 aromatic carbocycles. The Morgan fingerprint density at radius 1 is 1.38 bits per heavy atom. The van der Waals surface area contributed by atoms with Crippen molar-refractivity contribution in [3.63, 3.8) is 0 Å². The second-order valence-corrected chi connectivity index (χ2v) is 2.54. The van der Waals surface area contributed by atoms with Crippen molar-refractivity contribution in [3.05, 3.63) is 35.4 Å². The van der Waals surface area contributed by atoms with Gasteiger partial charge in [0.05, 0.1) is 11.6 Å². The lowest BCUT2D eigenvalue weighted by Gasteiger charge is -2.09. The van der Waals surface area contributed by atoms with Crippen LogP contribution in [0.1, 0.15) is 17.2 Å². The molecule has 0 saturated heterocycles. The molecule has 0 unspecified atom stereocenters. The molecule has 1 aromatic rings. The van der Waals surface area contributed by atoms with E-state index in [0.29, 0.717) is 12.1 Å². The van der Waals surface area contributed by atoms with E-state index in [1.165, 1.54) is 0 Å². The topological polar surface area (TPSA) is 75.8 Å². The largest absolute Gasteiger partial charge is 0.329 e. The number of halogens is 1. The molecule has 1 atom stereocenters. The predicted molar refractivity (Wildman–Crippen MR) is 54.4 cm³/mol. The van der Waals surface area contributed by atoms with Gasteiger partial charge in [-0.3, -0.25) is 0 Å². The molecule has 0 amide bonds. The minimum atomic E-state index is -0.235. The Morgan fingerprint density at radius 2 is 2.00 bits per heavy atom. The summed E-state index contributed by atoms with van der Waals surface area (Å²) in [4.78, 5) is 0. The zero-order valence-corrected chi connectivity index (χ0v) is 7.92. The highest BCUT2D eigenvalue weighted by molar-refractivity contribution is 5.85. The summed E-state index contributed by atoms with van der Waals surface area (Å²) in [6, 6.07) is 9.07. The summed E-state index contributed by atoms with van der Waals surface area (Å²) < 4.78 is 0. The first kappa shape index (κ1) is 11.9. The van der Waals surface area contributed by atoms with Gasteiger partial charge in [0, 0.05) is 12.6 Å². The maximum Gasteiger partial charge on any atom is 0.0995 e. The monoisotopic (exact) mass is 197 g/mol. The van der Waals surface area contributed by atoms with Gasteiger partial charge in [-0.2, -0.15) is 5.26 Å². The molecule has 0 aliphatic carbocycles. The van der Waals surface area contributed by atoms with Crippen LogP contribution in [0.5, 0.6) is 0 Å². The molecule has 0 spiro atoms. The van der Waals surface area contributed by atoms with Gasteiger partial charge in [-0.05, 0) is 11.6 Å². The number of benzene rings is 1. The van der Waals surface area contributed by atoms with Gasteiger partial charge < -0.3 is 11.5 Å². The fourth-order valence-electron chi connectivity index (χ4n) is 1.05. The summed E-state index contributed by atoms with van der Waals surface area (Å²) in [7, 11) is 0. The zero-order valence-electron chi connectivity index (χ0n) is 7.10. The highest BCUT2D eigenvalue weighted by atomic mass is 35.5. The van der Waals surface area contributed by atoms with Crippen molar-refractivity contribution in [1.82, 2.24) is 0 Å². The molecule has 1 rings (SSSR count). The average Bonchev–Trinajstić information content (AvgIpc) is 2.16. The molecule has 4 heteroatoms. The molecule has 13 heavy (non-hydrogen) atoms. The van der Waals surface area contributed by atoms with E-state index in [2.05, 4.69) is 6.07 Å². The maximum absolute atomic E-state index is 8.72. The van der Waals surface area contributed by atoms with E-state index in [1.54, 1.807) is 6.07 Å². The van der Waals surface area contributed by atoms with Crippen LogP contribution in [-0.2, 0) is 0 Å². The highest BCUT2D eigenvalue weighted by Crippen LogP contribution is 2.13.